The van der Waals surface area contributed by atoms with Crippen LogP contribution in [0, 0.1) is 40.4 Å². The summed E-state index contributed by atoms with van der Waals surface area (Å²) in [6.07, 6.45) is 13.0. The highest BCUT2D eigenvalue weighted by Crippen LogP contribution is 2.67. The number of fused-ring (bicyclic) bond motifs is 5. The van der Waals surface area contributed by atoms with Crippen LogP contribution in [0.1, 0.15) is 78.6 Å². The van der Waals surface area contributed by atoms with Crippen LogP contribution in [0.3, 0.4) is 0 Å². The predicted molar refractivity (Wildman–Crippen MR) is 124 cm³/mol. The standard InChI is InChI=1S/C25H45NO2Si/c1-17(26-27-4)21-10-11-22-20-9-8-18-16-19(28-29(5,6)7)12-14-24(18,2)23(20)13-15-25(21,22)3/h18-23H,8-16H2,1-7H3/b26-17-. The number of rotatable bonds is 4. The van der Waals surface area contributed by atoms with Gasteiger partial charge in [-0.1, -0.05) is 19.0 Å². The molecule has 8 atom stereocenters. The maximum atomic E-state index is 6.57. The van der Waals surface area contributed by atoms with Gasteiger partial charge in [0.2, 0.25) is 0 Å². The third-order valence-electron chi connectivity index (χ3n) is 9.88. The summed E-state index contributed by atoms with van der Waals surface area (Å²) in [5.41, 5.74) is 2.23. The monoisotopic (exact) mass is 419 g/mol. The van der Waals surface area contributed by atoms with E-state index in [0.717, 1.165) is 23.7 Å². The van der Waals surface area contributed by atoms with Gasteiger partial charge in [0, 0.05) is 12.0 Å². The van der Waals surface area contributed by atoms with Crippen molar-refractivity contribution in [3.05, 3.63) is 0 Å². The van der Waals surface area contributed by atoms with E-state index in [1.165, 1.54) is 63.5 Å². The van der Waals surface area contributed by atoms with Gasteiger partial charge in [-0.25, -0.2) is 0 Å². The van der Waals surface area contributed by atoms with Crippen molar-refractivity contribution in [1.82, 2.24) is 0 Å². The summed E-state index contributed by atoms with van der Waals surface area (Å²) in [6.45, 7) is 14.5. The SMILES string of the molecule is CO/N=C(/C)C1CCC2C3CCC4CC(O[Si](C)(C)C)CCC4(C)C3CCC12C. The zero-order valence-corrected chi connectivity index (χ0v) is 21.1. The molecule has 0 aromatic rings. The van der Waals surface area contributed by atoms with Crippen LogP contribution in [0.25, 0.3) is 0 Å². The molecule has 0 heterocycles. The molecule has 4 saturated carbocycles. The average molecular weight is 420 g/mol. The van der Waals surface area contributed by atoms with Crippen molar-refractivity contribution in [1.29, 1.82) is 0 Å². The average Bonchev–Trinajstić information content (AvgIpc) is 2.98. The van der Waals surface area contributed by atoms with Gasteiger partial charge >= 0.3 is 0 Å². The summed E-state index contributed by atoms with van der Waals surface area (Å²) in [4.78, 5) is 5.16. The van der Waals surface area contributed by atoms with Gasteiger partial charge in [-0.3, -0.25) is 0 Å². The van der Waals surface area contributed by atoms with Crippen LogP contribution in [0.5, 0.6) is 0 Å². The lowest BCUT2D eigenvalue weighted by Crippen LogP contribution is -2.54. The second kappa shape index (κ2) is 7.65. The molecule has 4 fully saturated rings. The largest absolute Gasteiger partial charge is 0.415 e. The molecule has 0 saturated heterocycles. The van der Waals surface area contributed by atoms with Crippen molar-refractivity contribution in [3.8, 4) is 0 Å². The van der Waals surface area contributed by atoms with Gasteiger partial charge in [-0.05, 0) is 119 Å². The van der Waals surface area contributed by atoms with E-state index in [1.807, 2.05) is 0 Å². The minimum Gasteiger partial charge on any atom is -0.415 e. The van der Waals surface area contributed by atoms with Gasteiger partial charge in [0.05, 0.1) is 5.71 Å². The molecule has 4 aliphatic rings. The normalized spacial score (nSPS) is 47.9. The number of hydrogen-bond donors (Lipinski definition) is 0. The zero-order valence-electron chi connectivity index (χ0n) is 20.1. The number of hydrogen-bond acceptors (Lipinski definition) is 3. The summed E-state index contributed by atoms with van der Waals surface area (Å²) in [6, 6.07) is 0. The van der Waals surface area contributed by atoms with Crippen LogP contribution >= 0.6 is 0 Å². The summed E-state index contributed by atoms with van der Waals surface area (Å²) in [5, 5.41) is 4.37. The lowest BCUT2D eigenvalue weighted by atomic mass is 9.44. The Morgan fingerprint density at radius 3 is 2.28 bits per heavy atom. The van der Waals surface area contributed by atoms with Crippen molar-refractivity contribution >= 4 is 14.0 Å². The highest BCUT2D eigenvalue weighted by Gasteiger charge is 2.60. The van der Waals surface area contributed by atoms with Crippen LogP contribution in [-0.2, 0) is 9.26 Å². The molecular formula is C25H45NO2Si. The van der Waals surface area contributed by atoms with E-state index >= 15 is 0 Å². The molecule has 29 heavy (non-hydrogen) atoms. The molecule has 3 nitrogen and oxygen atoms in total. The first kappa shape index (κ1) is 21.9. The Kier molecular flexibility index (Phi) is 5.77. The molecule has 0 aliphatic heterocycles. The van der Waals surface area contributed by atoms with Crippen LogP contribution in [0.2, 0.25) is 19.6 Å². The van der Waals surface area contributed by atoms with E-state index in [9.17, 15) is 0 Å². The minimum atomic E-state index is -1.43. The lowest BCUT2D eigenvalue weighted by Gasteiger charge is -2.61. The van der Waals surface area contributed by atoms with Gasteiger partial charge in [0.1, 0.15) is 7.11 Å². The van der Waals surface area contributed by atoms with Crippen molar-refractivity contribution in [2.24, 2.45) is 45.6 Å². The number of nitrogens with zero attached hydrogens (tertiary/aromatic N) is 1. The van der Waals surface area contributed by atoms with Crippen LogP contribution in [0.15, 0.2) is 5.16 Å². The Labute approximate surface area is 180 Å². The van der Waals surface area contributed by atoms with Gasteiger partial charge in [0.15, 0.2) is 8.32 Å². The molecule has 0 bridgehead atoms. The molecule has 0 aromatic heterocycles. The van der Waals surface area contributed by atoms with Gasteiger partial charge in [-0.15, -0.1) is 0 Å². The molecule has 0 amide bonds. The Balaban J connectivity index is 1.51. The van der Waals surface area contributed by atoms with Gasteiger partial charge in [0.25, 0.3) is 0 Å². The zero-order chi connectivity index (χ0) is 21.0. The molecule has 0 radical (unpaired) electrons. The van der Waals surface area contributed by atoms with E-state index < -0.39 is 8.32 Å². The van der Waals surface area contributed by atoms with Crippen LogP contribution in [-0.4, -0.2) is 27.2 Å². The summed E-state index contributed by atoms with van der Waals surface area (Å²) in [5.74, 6) is 4.27. The highest BCUT2D eigenvalue weighted by molar-refractivity contribution is 6.69. The molecule has 0 spiro atoms. The molecule has 4 rings (SSSR count). The molecule has 0 N–H and O–H groups in total. The maximum Gasteiger partial charge on any atom is 0.184 e. The first-order chi connectivity index (χ1) is 13.6. The van der Waals surface area contributed by atoms with E-state index in [1.54, 1.807) is 7.11 Å². The third-order valence-corrected chi connectivity index (χ3v) is 10.9. The number of oxime groups is 1. The fraction of sp³-hybridized carbons (Fsp3) is 0.960. The van der Waals surface area contributed by atoms with Crippen LogP contribution < -0.4 is 0 Å². The van der Waals surface area contributed by atoms with Crippen molar-refractivity contribution in [2.45, 2.75) is 104 Å². The van der Waals surface area contributed by atoms with E-state index in [4.69, 9.17) is 9.26 Å². The Hall–Kier alpha value is -0.353. The fourth-order valence-corrected chi connectivity index (χ4v) is 9.93. The van der Waals surface area contributed by atoms with Crippen molar-refractivity contribution in [3.63, 3.8) is 0 Å². The topological polar surface area (TPSA) is 30.8 Å². The third kappa shape index (κ3) is 3.75. The summed E-state index contributed by atoms with van der Waals surface area (Å²) < 4.78 is 6.57. The van der Waals surface area contributed by atoms with E-state index in [-0.39, 0.29) is 0 Å². The molecule has 0 aromatic carbocycles. The first-order valence-corrected chi connectivity index (χ1v) is 15.7. The molecule has 4 heteroatoms. The van der Waals surface area contributed by atoms with Crippen molar-refractivity contribution in [2.75, 3.05) is 7.11 Å². The van der Waals surface area contributed by atoms with Gasteiger partial charge in [-0.2, -0.15) is 0 Å². The Morgan fingerprint density at radius 1 is 0.897 bits per heavy atom. The first-order valence-electron chi connectivity index (χ1n) is 12.3. The summed E-state index contributed by atoms with van der Waals surface area (Å²) >= 11 is 0. The fourth-order valence-electron chi connectivity index (χ4n) is 8.72. The van der Waals surface area contributed by atoms with E-state index in [0.29, 0.717) is 22.9 Å². The summed E-state index contributed by atoms with van der Waals surface area (Å²) in [7, 11) is 0.259. The Bertz CT molecular complexity index is 643. The second-order valence-electron chi connectivity index (χ2n) is 12.4. The lowest BCUT2D eigenvalue weighted by molar-refractivity contribution is -0.121. The van der Waals surface area contributed by atoms with E-state index in [2.05, 4.69) is 45.6 Å². The quantitative estimate of drug-likeness (QED) is 0.282. The van der Waals surface area contributed by atoms with Crippen LogP contribution in [0.4, 0.5) is 0 Å². The molecule has 4 aliphatic carbocycles. The molecule has 8 unspecified atom stereocenters. The maximum absolute atomic E-state index is 6.57. The highest BCUT2D eigenvalue weighted by atomic mass is 28.4. The molecular weight excluding hydrogens is 374 g/mol. The Morgan fingerprint density at radius 2 is 1.59 bits per heavy atom. The predicted octanol–water partition coefficient (Wildman–Crippen LogP) is 6.89. The van der Waals surface area contributed by atoms with Gasteiger partial charge < -0.3 is 9.26 Å². The minimum absolute atomic E-state index is 0.439. The second-order valence-corrected chi connectivity index (χ2v) is 16.8. The van der Waals surface area contributed by atoms with Crippen molar-refractivity contribution < 1.29 is 9.26 Å². The smallest absolute Gasteiger partial charge is 0.184 e. The molecule has 166 valence electrons.